The molecule has 1 heterocycles. The number of hydrogen-bond acceptors (Lipinski definition) is 6. The lowest BCUT2D eigenvalue weighted by Crippen LogP contribution is -2.29. The lowest BCUT2D eigenvalue weighted by atomic mass is 10.1. The van der Waals surface area contributed by atoms with E-state index >= 15 is 0 Å². The topological polar surface area (TPSA) is 72.9 Å². The number of carbonyl (C=O) groups is 1. The third kappa shape index (κ3) is 6.07. The highest BCUT2D eigenvalue weighted by molar-refractivity contribution is 7.87. The maximum Gasteiger partial charge on any atom is 0.339 e. The first-order chi connectivity index (χ1) is 17.2. The van der Waals surface area contributed by atoms with Crippen LogP contribution in [0.1, 0.15) is 20.8 Å². The second-order valence-electron chi connectivity index (χ2n) is 7.74. The van der Waals surface area contributed by atoms with Crippen molar-refractivity contribution >= 4 is 27.4 Å². The van der Waals surface area contributed by atoms with Gasteiger partial charge in [-0.3, -0.25) is 4.79 Å². The first-order valence-electron chi connectivity index (χ1n) is 10.7. The van der Waals surface area contributed by atoms with E-state index in [2.05, 4.69) is 0 Å². The Morgan fingerprint density at radius 1 is 0.861 bits per heavy atom. The van der Waals surface area contributed by atoms with E-state index in [4.69, 9.17) is 8.92 Å². The molecule has 0 unspecified atom stereocenters. The fourth-order valence-electron chi connectivity index (χ4n) is 3.44. The van der Waals surface area contributed by atoms with Crippen LogP contribution in [0.2, 0.25) is 0 Å². The monoisotopic (exact) mass is 529 g/mol. The van der Waals surface area contributed by atoms with Gasteiger partial charge in [0.25, 0.3) is 5.91 Å². The quantitative estimate of drug-likeness (QED) is 0.262. The average molecular weight is 530 g/mol. The maximum atomic E-state index is 13.4. The van der Waals surface area contributed by atoms with Crippen LogP contribution in [0.3, 0.4) is 0 Å². The highest BCUT2D eigenvalue weighted by atomic mass is 32.2. The van der Waals surface area contributed by atoms with Gasteiger partial charge in [0.05, 0.1) is 12.0 Å². The van der Waals surface area contributed by atoms with Gasteiger partial charge in [-0.1, -0.05) is 24.3 Å². The van der Waals surface area contributed by atoms with E-state index in [0.29, 0.717) is 10.4 Å². The van der Waals surface area contributed by atoms with Crippen molar-refractivity contribution in [1.29, 1.82) is 0 Å². The predicted molar refractivity (Wildman–Crippen MR) is 132 cm³/mol. The van der Waals surface area contributed by atoms with Gasteiger partial charge < -0.3 is 13.8 Å². The lowest BCUT2D eigenvalue weighted by Gasteiger charge is -2.23. The van der Waals surface area contributed by atoms with E-state index in [0.717, 1.165) is 29.8 Å². The smallest absolute Gasteiger partial charge is 0.339 e. The molecule has 0 bridgehead atoms. The minimum absolute atomic E-state index is 0.0790. The average Bonchev–Trinajstić information content (AvgIpc) is 3.40. The van der Waals surface area contributed by atoms with Gasteiger partial charge >= 0.3 is 10.1 Å². The van der Waals surface area contributed by atoms with E-state index in [-0.39, 0.29) is 41.2 Å². The lowest BCUT2D eigenvalue weighted by molar-refractivity contribution is 0.0735. The van der Waals surface area contributed by atoms with Crippen molar-refractivity contribution in [3.8, 4) is 11.5 Å². The molecule has 1 aromatic heterocycles. The zero-order valence-corrected chi connectivity index (χ0v) is 20.7. The summed E-state index contributed by atoms with van der Waals surface area (Å²) in [7, 11) is -2.90. The number of rotatable bonds is 9. The third-order valence-corrected chi connectivity index (χ3v) is 7.32. The number of halogens is 2. The number of amides is 1. The standard InChI is InChI=1S/C26H21F2NO5S2/c1-33-23-13-6-19(15-24(23)34-36(31,32)22-11-9-21(28)10-12-22)17-29(26(30)25-3-2-14-35-25)16-18-4-7-20(27)8-5-18/h2-15H,16-17H2,1H3. The Kier molecular flexibility index (Phi) is 7.66. The Morgan fingerprint density at radius 3 is 2.08 bits per heavy atom. The first kappa shape index (κ1) is 25.3. The van der Waals surface area contributed by atoms with Gasteiger partial charge in [0, 0.05) is 13.1 Å². The Morgan fingerprint density at radius 2 is 1.47 bits per heavy atom. The largest absolute Gasteiger partial charge is 0.493 e. The molecular formula is C26H21F2NO5S2. The van der Waals surface area contributed by atoms with Crippen molar-refractivity contribution in [2.24, 2.45) is 0 Å². The Bertz CT molecular complexity index is 1440. The molecule has 0 aliphatic carbocycles. The Hall–Kier alpha value is -3.76. The van der Waals surface area contributed by atoms with Crippen LogP contribution in [0, 0.1) is 11.6 Å². The van der Waals surface area contributed by atoms with E-state index < -0.39 is 15.9 Å². The molecule has 186 valence electrons. The summed E-state index contributed by atoms with van der Waals surface area (Å²) in [5, 5.41) is 1.79. The Labute approximate surface area is 211 Å². The normalized spacial score (nSPS) is 11.2. The zero-order chi connectivity index (χ0) is 25.7. The molecule has 4 aromatic rings. The zero-order valence-electron chi connectivity index (χ0n) is 19.1. The first-order valence-corrected chi connectivity index (χ1v) is 13.0. The van der Waals surface area contributed by atoms with E-state index in [1.807, 2.05) is 0 Å². The Balaban J connectivity index is 1.63. The number of methoxy groups -OCH3 is 1. The maximum absolute atomic E-state index is 13.4. The molecule has 0 aliphatic heterocycles. The van der Waals surface area contributed by atoms with Crippen LogP contribution in [-0.4, -0.2) is 26.3 Å². The van der Waals surface area contributed by atoms with E-state index in [1.165, 1.54) is 42.7 Å². The molecule has 6 nitrogen and oxygen atoms in total. The van der Waals surface area contributed by atoms with Gasteiger partial charge in [-0.25, -0.2) is 8.78 Å². The minimum atomic E-state index is -4.27. The molecule has 0 aliphatic rings. The van der Waals surface area contributed by atoms with Crippen LogP contribution in [0.25, 0.3) is 0 Å². The van der Waals surface area contributed by atoms with Gasteiger partial charge in [0.2, 0.25) is 0 Å². The molecular weight excluding hydrogens is 508 g/mol. The minimum Gasteiger partial charge on any atom is -0.493 e. The van der Waals surface area contributed by atoms with Crippen molar-refractivity contribution in [1.82, 2.24) is 4.90 Å². The van der Waals surface area contributed by atoms with Crippen molar-refractivity contribution in [3.05, 3.63) is 112 Å². The van der Waals surface area contributed by atoms with Crippen molar-refractivity contribution in [3.63, 3.8) is 0 Å². The summed E-state index contributed by atoms with van der Waals surface area (Å²) in [5.74, 6) is -1.10. The molecule has 10 heteroatoms. The van der Waals surface area contributed by atoms with Crippen LogP contribution in [0.15, 0.2) is 89.1 Å². The summed E-state index contributed by atoms with van der Waals surface area (Å²) in [6, 6.07) is 18.3. The molecule has 1 amide bonds. The molecule has 0 saturated carbocycles. The summed E-state index contributed by atoms with van der Waals surface area (Å²) in [6.45, 7) is 0.318. The molecule has 4 rings (SSSR count). The van der Waals surface area contributed by atoms with Crippen molar-refractivity contribution < 1.29 is 30.9 Å². The summed E-state index contributed by atoms with van der Waals surface area (Å²) in [5.41, 5.74) is 1.30. The number of benzene rings is 3. The second-order valence-corrected chi connectivity index (χ2v) is 10.2. The molecule has 36 heavy (non-hydrogen) atoms. The SMILES string of the molecule is COc1ccc(CN(Cc2ccc(F)cc2)C(=O)c2cccs2)cc1OS(=O)(=O)c1ccc(F)cc1. The molecule has 0 atom stereocenters. The number of nitrogens with zero attached hydrogens (tertiary/aromatic N) is 1. The van der Waals surface area contributed by atoms with Crippen LogP contribution in [0.5, 0.6) is 11.5 Å². The van der Waals surface area contributed by atoms with Crippen molar-refractivity contribution in [2.75, 3.05) is 7.11 Å². The predicted octanol–water partition coefficient (Wildman–Crippen LogP) is 5.65. The van der Waals surface area contributed by atoms with Gasteiger partial charge in [-0.2, -0.15) is 8.42 Å². The number of hydrogen-bond donors (Lipinski definition) is 0. The molecule has 0 spiro atoms. The highest BCUT2D eigenvalue weighted by Gasteiger charge is 2.22. The molecule has 0 radical (unpaired) electrons. The fourth-order valence-corrected chi connectivity index (χ4v) is 5.06. The van der Waals surface area contributed by atoms with Crippen molar-refractivity contribution in [2.45, 2.75) is 18.0 Å². The van der Waals surface area contributed by atoms with Gasteiger partial charge in [0.1, 0.15) is 16.5 Å². The third-order valence-electron chi connectivity index (χ3n) is 5.21. The molecule has 0 fully saturated rings. The van der Waals surface area contributed by atoms with Crippen LogP contribution in [-0.2, 0) is 23.2 Å². The fraction of sp³-hybridized carbons (Fsp3) is 0.115. The summed E-state index contributed by atoms with van der Waals surface area (Å²) in [4.78, 5) is 15.1. The summed E-state index contributed by atoms with van der Waals surface area (Å²) < 4.78 is 62.7. The second kappa shape index (κ2) is 10.9. The number of carbonyl (C=O) groups excluding carboxylic acids is 1. The molecule has 0 N–H and O–H groups in total. The molecule has 3 aromatic carbocycles. The van der Waals surface area contributed by atoms with Crippen LogP contribution in [0.4, 0.5) is 8.78 Å². The number of thiophene rings is 1. The van der Waals surface area contributed by atoms with Gasteiger partial charge in [-0.15, -0.1) is 11.3 Å². The summed E-state index contributed by atoms with van der Waals surface area (Å²) in [6.07, 6.45) is 0. The van der Waals surface area contributed by atoms with E-state index in [9.17, 15) is 22.0 Å². The van der Waals surface area contributed by atoms with E-state index in [1.54, 1.807) is 40.6 Å². The van der Waals surface area contributed by atoms with Gasteiger partial charge in [-0.05, 0) is 71.1 Å². The number of ether oxygens (including phenoxy) is 1. The summed E-state index contributed by atoms with van der Waals surface area (Å²) >= 11 is 1.30. The van der Waals surface area contributed by atoms with Crippen LogP contribution < -0.4 is 8.92 Å². The van der Waals surface area contributed by atoms with Crippen LogP contribution >= 0.6 is 11.3 Å². The highest BCUT2D eigenvalue weighted by Crippen LogP contribution is 2.32. The molecule has 0 saturated heterocycles. The van der Waals surface area contributed by atoms with Gasteiger partial charge in [0.15, 0.2) is 11.5 Å².